The molecule has 0 heterocycles. The van der Waals surface area contributed by atoms with E-state index < -0.39 is 22.0 Å². The van der Waals surface area contributed by atoms with Crippen molar-refractivity contribution in [2.75, 3.05) is 0 Å². The van der Waals surface area contributed by atoms with Crippen LogP contribution in [0, 0.1) is 17.3 Å². The number of ether oxygens (including phenoxy) is 1. The number of halogens is 6. The van der Waals surface area contributed by atoms with Crippen molar-refractivity contribution in [3.05, 3.63) is 65.2 Å². The summed E-state index contributed by atoms with van der Waals surface area (Å²) in [4.78, 5) is 0. The summed E-state index contributed by atoms with van der Waals surface area (Å²) < 4.78 is 107. The summed E-state index contributed by atoms with van der Waals surface area (Å²) in [7, 11) is -5.74. The summed E-state index contributed by atoms with van der Waals surface area (Å²) >= 11 is 0. The maximum absolute atomic E-state index is 12.7. The summed E-state index contributed by atoms with van der Waals surface area (Å²) in [5.74, 6) is 0.194. The van der Waals surface area contributed by atoms with E-state index in [0.717, 1.165) is 47.9 Å². The number of allylic oxidation sites excluding steroid dienone is 2. The molecule has 0 amide bonds. The SMILES string of the molecule is C[C@]12CC[C@@H]3c4ccc(OS(=O)(=O)C(F)(F)F)cc4CC[C@H]3[C@@H]1CC=C2c1ccc(OC(F)(F)F)cc1. The molecule has 5 rings (SSSR count). The van der Waals surface area contributed by atoms with E-state index in [2.05, 4.69) is 21.9 Å². The molecule has 11 heteroatoms. The Kier molecular flexibility index (Phi) is 6.08. The minimum absolute atomic E-state index is 0.158. The van der Waals surface area contributed by atoms with Gasteiger partial charge in [-0.1, -0.05) is 31.2 Å². The molecule has 200 valence electrons. The van der Waals surface area contributed by atoms with Crippen molar-refractivity contribution in [3.63, 3.8) is 0 Å². The molecule has 0 radical (unpaired) electrons. The molecule has 0 N–H and O–H groups in total. The highest BCUT2D eigenvalue weighted by atomic mass is 32.2. The van der Waals surface area contributed by atoms with Crippen molar-refractivity contribution < 1.29 is 43.7 Å². The average molecular weight is 547 g/mol. The fourth-order valence-corrected chi connectivity index (χ4v) is 7.09. The zero-order chi connectivity index (χ0) is 26.8. The molecule has 0 bridgehead atoms. The summed E-state index contributed by atoms with van der Waals surface area (Å²) in [6, 6.07) is 10.3. The first-order valence-electron chi connectivity index (χ1n) is 11.9. The van der Waals surface area contributed by atoms with Crippen LogP contribution in [0.5, 0.6) is 11.5 Å². The highest BCUT2D eigenvalue weighted by Crippen LogP contribution is 2.63. The molecule has 37 heavy (non-hydrogen) atoms. The molecule has 2 aromatic carbocycles. The summed E-state index contributed by atoms with van der Waals surface area (Å²) in [6.45, 7) is 2.20. The van der Waals surface area contributed by atoms with Crippen LogP contribution >= 0.6 is 0 Å². The van der Waals surface area contributed by atoms with Gasteiger partial charge in [-0.3, -0.25) is 0 Å². The van der Waals surface area contributed by atoms with Gasteiger partial charge >= 0.3 is 22.0 Å². The van der Waals surface area contributed by atoms with Crippen LogP contribution in [0.1, 0.15) is 55.2 Å². The number of rotatable bonds is 4. The Labute approximate surface area is 210 Å². The molecule has 0 saturated heterocycles. The topological polar surface area (TPSA) is 52.6 Å². The molecule has 1 fully saturated rings. The third-order valence-electron chi connectivity index (χ3n) is 8.17. The highest BCUT2D eigenvalue weighted by Gasteiger charge is 2.52. The number of hydrogen-bond donors (Lipinski definition) is 0. The van der Waals surface area contributed by atoms with Crippen molar-refractivity contribution >= 4 is 15.7 Å². The molecule has 3 aliphatic rings. The fraction of sp³-hybridized carbons (Fsp3) is 0.462. The maximum Gasteiger partial charge on any atom is 0.573 e. The van der Waals surface area contributed by atoms with E-state index in [1.807, 2.05) is 0 Å². The monoisotopic (exact) mass is 546 g/mol. The van der Waals surface area contributed by atoms with E-state index in [-0.39, 0.29) is 22.8 Å². The molecule has 3 aliphatic carbocycles. The Balaban J connectivity index is 1.34. The lowest BCUT2D eigenvalue weighted by Crippen LogP contribution is -2.40. The molecule has 0 unspecified atom stereocenters. The molecule has 0 aromatic heterocycles. The first kappa shape index (κ1) is 25.9. The van der Waals surface area contributed by atoms with Gasteiger partial charge < -0.3 is 8.92 Å². The van der Waals surface area contributed by atoms with Gasteiger partial charge in [0.25, 0.3) is 0 Å². The van der Waals surface area contributed by atoms with E-state index in [4.69, 9.17) is 0 Å². The van der Waals surface area contributed by atoms with Gasteiger partial charge in [-0.25, -0.2) is 0 Å². The Bertz CT molecular complexity index is 1330. The van der Waals surface area contributed by atoms with Gasteiger partial charge in [0.2, 0.25) is 0 Å². The Hall–Kier alpha value is -2.69. The standard InChI is InChI=1S/C26H24F6O4S/c1-24-13-12-20-19-9-7-18(36-37(33,34)26(30,31)32)14-16(19)4-8-21(20)23(24)11-10-22(24)15-2-5-17(6-3-15)35-25(27,28)29/h2-3,5-7,9-10,14,20-21,23H,4,8,11-13H2,1H3/t20-,21-,23+,24-/m1/s1. The summed E-state index contributed by atoms with van der Waals surface area (Å²) in [5, 5.41) is 0. The first-order chi connectivity index (χ1) is 17.2. The third kappa shape index (κ3) is 4.70. The van der Waals surface area contributed by atoms with Crippen molar-refractivity contribution in [2.24, 2.45) is 17.3 Å². The number of fused-ring (bicyclic) bond motifs is 5. The molecule has 2 aromatic rings. The lowest BCUT2D eigenvalue weighted by Gasteiger charge is -2.50. The predicted octanol–water partition coefficient (Wildman–Crippen LogP) is 7.36. The Morgan fingerprint density at radius 3 is 2.27 bits per heavy atom. The second kappa shape index (κ2) is 8.68. The van der Waals surface area contributed by atoms with Crippen molar-refractivity contribution in [2.45, 2.75) is 56.8 Å². The van der Waals surface area contributed by atoms with E-state index in [0.29, 0.717) is 18.3 Å². The first-order valence-corrected chi connectivity index (χ1v) is 13.3. The average Bonchev–Trinajstić information content (AvgIpc) is 3.14. The van der Waals surface area contributed by atoms with Crippen LogP contribution in [0.15, 0.2) is 48.5 Å². The second-order valence-corrected chi connectivity index (χ2v) is 11.7. The van der Waals surface area contributed by atoms with Crippen LogP contribution in [0.3, 0.4) is 0 Å². The zero-order valence-corrected chi connectivity index (χ0v) is 20.5. The third-order valence-corrected chi connectivity index (χ3v) is 9.15. The number of alkyl halides is 6. The molecule has 0 spiro atoms. The Morgan fingerprint density at radius 1 is 0.946 bits per heavy atom. The number of aryl methyl sites for hydroxylation is 1. The molecule has 0 aliphatic heterocycles. The molecule has 4 atom stereocenters. The normalized spacial score (nSPS) is 27.5. The van der Waals surface area contributed by atoms with E-state index in [1.54, 1.807) is 18.2 Å². The van der Waals surface area contributed by atoms with Crippen molar-refractivity contribution in [3.8, 4) is 11.5 Å². The maximum atomic E-state index is 12.7. The minimum atomic E-state index is -5.74. The van der Waals surface area contributed by atoms with Gasteiger partial charge in [0, 0.05) is 0 Å². The molecular formula is C26H24F6O4S. The second-order valence-electron chi connectivity index (χ2n) is 10.1. The van der Waals surface area contributed by atoms with Gasteiger partial charge in [0.15, 0.2) is 0 Å². The van der Waals surface area contributed by atoms with Crippen LogP contribution in [-0.4, -0.2) is 20.3 Å². The van der Waals surface area contributed by atoms with E-state index in [1.165, 1.54) is 24.3 Å². The summed E-state index contributed by atoms with van der Waals surface area (Å²) in [6.07, 6.45) is 1.30. The number of hydrogen-bond acceptors (Lipinski definition) is 4. The number of benzene rings is 2. The zero-order valence-electron chi connectivity index (χ0n) is 19.7. The minimum Gasteiger partial charge on any atom is -0.406 e. The van der Waals surface area contributed by atoms with Crippen LogP contribution in [0.2, 0.25) is 0 Å². The van der Waals surface area contributed by atoms with Crippen molar-refractivity contribution in [1.82, 2.24) is 0 Å². The van der Waals surface area contributed by atoms with Crippen molar-refractivity contribution in [1.29, 1.82) is 0 Å². The molecular weight excluding hydrogens is 522 g/mol. The van der Waals surface area contributed by atoms with E-state index >= 15 is 0 Å². The lowest BCUT2D eigenvalue weighted by molar-refractivity contribution is -0.274. The van der Waals surface area contributed by atoms with Crippen LogP contribution in [0.4, 0.5) is 26.3 Å². The van der Waals surface area contributed by atoms with Gasteiger partial charge in [0.1, 0.15) is 11.5 Å². The quantitative estimate of drug-likeness (QED) is 0.228. The van der Waals surface area contributed by atoms with Gasteiger partial charge in [0.05, 0.1) is 0 Å². The van der Waals surface area contributed by atoms with Crippen LogP contribution in [-0.2, 0) is 16.5 Å². The van der Waals surface area contributed by atoms with Crippen LogP contribution < -0.4 is 8.92 Å². The van der Waals surface area contributed by atoms with Gasteiger partial charge in [-0.2, -0.15) is 21.6 Å². The largest absolute Gasteiger partial charge is 0.573 e. The highest BCUT2D eigenvalue weighted by molar-refractivity contribution is 7.88. The predicted molar refractivity (Wildman–Crippen MR) is 123 cm³/mol. The van der Waals surface area contributed by atoms with Gasteiger partial charge in [-0.05, 0) is 102 Å². The molecule has 4 nitrogen and oxygen atoms in total. The molecule has 1 saturated carbocycles. The van der Waals surface area contributed by atoms with E-state index in [9.17, 15) is 34.8 Å². The van der Waals surface area contributed by atoms with Gasteiger partial charge in [-0.15, -0.1) is 13.2 Å². The fourth-order valence-electron chi connectivity index (χ4n) is 6.64. The van der Waals surface area contributed by atoms with Crippen LogP contribution in [0.25, 0.3) is 5.57 Å². The smallest absolute Gasteiger partial charge is 0.406 e. The summed E-state index contributed by atoms with van der Waals surface area (Å²) in [5.41, 5.74) is -1.87. The lowest BCUT2D eigenvalue weighted by atomic mass is 9.54. The Morgan fingerprint density at radius 2 is 1.62 bits per heavy atom.